The maximum absolute atomic E-state index is 12.1. The summed E-state index contributed by atoms with van der Waals surface area (Å²) in [6.45, 7) is 1.85. The minimum absolute atomic E-state index is 0.182. The van der Waals surface area contributed by atoms with E-state index >= 15 is 0 Å². The number of aryl methyl sites for hydroxylation is 1. The van der Waals surface area contributed by atoms with E-state index in [1.54, 1.807) is 24.4 Å². The van der Waals surface area contributed by atoms with Crippen LogP contribution in [0, 0.1) is 10.5 Å². The molecule has 0 radical (unpaired) electrons. The van der Waals surface area contributed by atoms with Crippen LogP contribution in [0.3, 0.4) is 0 Å². The van der Waals surface area contributed by atoms with Gasteiger partial charge in [-0.1, -0.05) is 11.6 Å². The third kappa shape index (κ3) is 3.00. The summed E-state index contributed by atoms with van der Waals surface area (Å²) in [4.78, 5) is 16.3. The Balaban J connectivity index is 2.28. The van der Waals surface area contributed by atoms with E-state index in [-0.39, 0.29) is 5.91 Å². The van der Waals surface area contributed by atoms with Gasteiger partial charge in [0.05, 0.1) is 16.9 Å². The molecule has 1 amide bonds. The zero-order chi connectivity index (χ0) is 13.1. The maximum atomic E-state index is 12.1. The first-order valence-electron chi connectivity index (χ1n) is 5.26. The highest BCUT2D eigenvalue weighted by atomic mass is 127. The molecule has 1 heterocycles. The normalized spacial score (nSPS) is 10.2. The van der Waals surface area contributed by atoms with Gasteiger partial charge < -0.3 is 5.32 Å². The van der Waals surface area contributed by atoms with Gasteiger partial charge in [-0.15, -0.1) is 0 Å². The summed E-state index contributed by atoms with van der Waals surface area (Å²) in [7, 11) is 0. The van der Waals surface area contributed by atoms with Crippen LogP contribution in [0.2, 0.25) is 5.02 Å². The molecule has 3 nitrogen and oxygen atoms in total. The van der Waals surface area contributed by atoms with Crippen molar-refractivity contribution in [3.05, 3.63) is 56.4 Å². The average Bonchev–Trinajstić information content (AvgIpc) is 2.35. The van der Waals surface area contributed by atoms with Crippen LogP contribution in [0.4, 0.5) is 5.69 Å². The van der Waals surface area contributed by atoms with Crippen molar-refractivity contribution in [1.29, 1.82) is 0 Å². The number of benzene rings is 1. The number of nitrogens with zero attached hydrogens (tertiary/aromatic N) is 1. The molecule has 0 aliphatic heterocycles. The number of carbonyl (C=O) groups is 1. The Morgan fingerprint density at radius 2 is 2.17 bits per heavy atom. The summed E-state index contributed by atoms with van der Waals surface area (Å²) in [5, 5.41) is 3.37. The van der Waals surface area contributed by atoms with E-state index in [1.807, 2.05) is 19.1 Å². The molecule has 92 valence electrons. The lowest BCUT2D eigenvalue weighted by Crippen LogP contribution is -2.14. The Hall–Kier alpha value is -1.14. The topological polar surface area (TPSA) is 42.0 Å². The second kappa shape index (κ2) is 5.67. The van der Waals surface area contributed by atoms with Crippen LogP contribution in [0.15, 0.2) is 36.5 Å². The van der Waals surface area contributed by atoms with Gasteiger partial charge in [0.2, 0.25) is 0 Å². The molecule has 0 aliphatic rings. The minimum atomic E-state index is -0.182. The van der Waals surface area contributed by atoms with Crippen molar-refractivity contribution in [3.8, 4) is 0 Å². The first-order chi connectivity index (χ1) is 8.58. The fourth-order valence-electron chi connectivity index (χ4n) is 1.48. The molecule has 0 spiro atoms. The molecule has 18 heavy (non-hydrogen) atoms. The van der Waals surface area contributed by atoms with Gasteiger partial charge in [0.15, 0.2) is 0 Å². The lowest BCUT2D eigenvalue weighted by molar-refractivity contribution is 0.102. The third-order valence-electron chi connectivity index (χ3n) is 2.43. The fraction of sp³-hybridized carbons (Fsp3) is 0.0769. The van der Waals surface area contributed by atoms with E-state index in [0.29, 0.717) is 16.3 Å². The quantitative estimate of drug-likeness (QED) is 0.813. The van der Waals surface area contributed by atoms with Gasteiger partial charge in [0.25, 0.3) is 5.91 Å². The van der Waals surface area contributed by atoms with Crippen LogP contribution in [-0.4, -0.2) is 10.9 Å². The number of pyridine rings is 1. The van der Waals surface area contributed by atoms with Crippen molar-refractivity contribution < 1.29 is 4.79 Å². The van der Waals surface area contributed by atoms with Crippen LogP contribution in [0.5, 0.6) is 0 Å². The van der Waals surface area contributed by atoms with Crippen molar-refractivity contribution in [2.24, 2.45) is 0 Å². The molecule has 2 aromatic rings. The number of aromatic nitrogens is 1. The Morgan fingerprint density at radius 3 is 2.89 bits per heavy atom. The SMILES string of the molecule is Cc1ncccc1NC(=O)c1cc(Cl)ccc1I. The number of anilines is 1. The largest absolute Gasteiger partial charge is 0.320 e. The lowest BCUT2D eigenvalue weighted by Gasteiger charge is -2.08. The highest BCUT2D eigenvalue weighted by Gasteiger charge is 2.11. The second-order valence-corrected chi connectivity index (χ2v) is 5.31. The van der Waals surface area contributed by atoms with Gasteiger partial charge in [-0.25, -0.2) is 0 Å². The Labute approximate surface area is 124 Å². The molecular formula is C13H10ClIN2O. The number of carbonyl (C=O) groups excluding carboxylic acids is 1. The van der Waals surface area contributed by atoms with Gasteiger partial charge in [-0.3, -0.25) is 9.78 Å². The number of nitrogens with one attached hydrogen (secondary N) is 1. The minimum Gasteiger partial charge on any atom is -0.320 e. The summed E-state index contributed by atoms with van der Waals surface area (Å²) in [6, 6.07) is 8.83. The zero-order valence-corrected chi connectivity index (χ0v) is 12.5. The summed E-state index contributed by atoms with van der Waals surface area (Å²) < 4.78 is 0.857. The number of halogens is 2. The van der Waals surface area contributed by atoms with Crippen molar-refractivity contribution in [1.82, 2.24) is 4.98 Å². The molecule has 0 aliphatic carbocycles. The first kappa shape index (κ1) is 13.3. The van der Waals surface area contributed by atoms with E-state index in [0.717, 1.165) is 9.26 Å². The molecule has 0 unspecified atom stereocenters. The van der Waals surface area contributed by atoms with Gasteiger partial charge in [0, 0.05) is 14.8 Å². The molecular weight excluding hydrogens is 363 g/mol. The molecule has 2 rings (SSSR count). The third-order valence-corrected chi connectivity index (χ3v) is 3.60. The van der Waals surface area contributed by atoms with Crippen molar-refractivity contribution in [2.45, 2.75) is 6.92 Å². The van der Waals surface area contributed by atoms with Crippen LogP contribution in [0.1, 0.15) is 16.1 Å². The van der Waals surface area contributed by atoms with E-state index in [1.165, 1.54) is 0 Å². The van der Waals surface area contributed by atoms with E-state index in [4.69, 9.17) is 11.6 Å². The van der Waals surface area contributed by atoms with Crippen LogP contribution in [-0.2, 0) is 0 Å². The van der Waals surface area contributed by atoms with Crippen molar-refractivity contribution in [3.63, 3.8) is 0 Å². The number of hydrogen-bond donors (Lipinski definition) is 1. The average molecular weight is 373 g/mol. The molecule has 1 aromatic heterocycles. The summed E-state index contributed by atoms with van der Waals surface area (Å²) in [5.74, 6) is -0.182. The van der Waals surface area contributed by atoms with E-state index in [2.05, 4.69) is 32.9 Å². The van der Waals surface area contributed by atoms with Gasteiger partial charge in [-0.05, 0) is 59.8 Å². The Morgan fingerprint density at radius 1 is 1.39 bits per heavy atom. The van der Waals surface area contributed by atoms with Crippen LogP contribution in [0.25, 0.3) is 0 Å². The monoisotopic (exact) mass is 372 g/mol. The first-order valence-corrected chi connectivity index (χ1v) is 6.71. The highest BCUT2D eigenvalue weighted by Crippen LogP contribution is 2.20. The zero-order valence-electron chi connectivity index (χ0n) is 9.58. The molecule has 0 bridgehead atoms. The molecule has 0 saturated heterocycles. The second-order valence-electron chi connectivity index (χ2n) is 3.71. The standard InChI is InChI=1S/C13H10ClIN2O/c1-8-12(3-2-6-16-8)17-13(18)10-7-9(14)4-5-11(10)15/h2-7H,1H3,(H,17,18). The van der Waals surface area contributed by atoms with Crippen molar-refractivity contribution >= 4 is 45.8 Å². The number of hydrogen-bond acceptors (Lipinski definition) is 2. The molecule has 0 saturated carbocycles. The van der Waals surface area contributed by atoms with Crippen LogP contribution >= 0.6 is 34.2 Å². The molecule has 0 atom stereocenters. The number of rotatable bonds is 2. The predicted octanol–water partition coefficient (Wildman–Crippen LogP) is 3.90. The van der Waals surface area contributed by atoms with Gasteiger partial charge in [0.1, 0.15) is 0 Å². The van der Waals surface area contributed by atoms with E-state index < -0.39 is 0 Å². The van der Waals surface area contributed by atoms with E-state index in [9.17, 15) is 4.79 Å². The lowest BCUT2D eigenvalue weighted by atomic mass is 10.2. The summed E-state index contributed by atoms with van der Waals surface area (Å²) in [5.41, 5.74) is 2.05. The van der Waals surface area contributed by atoms with Crippen molar-refractivity contribution in [2.75, 3.05) is 5.32 Å². The van der Waals surface area contributed by atoms with Crippen LogP contribution < -0.4 is 5.32 Å². The Bertz CT molecular complexity index is 601. The fourth-order valence-corrected chi connectivity index (χ4v) is 2.23. The summed E-state index contributed by atoms with van der Waals surface area (Å²) in [6.07, 6.45) is 1.69. The molecule has 5 heteroatoms. The summed E-state index contributed by atoms with van der Waals surface area (Å²) >= 11 is 8.01. The number of amides is 1. The molecule has 1 aromatic carbocycles. The smallest absolute Gasteiger partial charge is 0.256 e. The Kier molecular flexibility index (Phi) is 4.19. The molecule has 1 N–H and O–H groups in total. The molecule has 0 fully saturated rings. The van der Waals surface area contributed by atoms with Gasteiger partial charge >= 0.3 is 0 Å². The maximum Gasteiger partial charge on any atom is 0.256 e. The highest BCUT2D eigenvalue weighted by molar-refractivity contribution is 14.1. The predicted molar refractivity (Wildman–Crippen MR) is 81.1 cm³/mol. The van der Waals surface area contributed by atoms with Gasteiger partial charge in [-0.2, -0.15) is 0 Å².